The molecule has 0 bridgehead atoms. The Morgan fingerprint density at radius 2 is 0.714 bits per heavy atom. The van der Waals surface area contributed by atoms with Crippen molar-refractivity contribution >= 4 is 64.4 Å². The molecule has 11 rings (SSSR count). The van der Waals surface area contributed by atoms with Gasteiger partial charge in [0.1, 0.15) is 0 Å². The van der Waals surface area contributed by atoms with Crippen LogP contribution in [0.2, 0.25) is 0 Å². The quantitative estimate of drug-likeness (QED) is 0.111. The van der Waals surface area contributed by atoms with Crippen molar-refractivity contribution in [2.24, 2.45) is 0 Å². The third kappa shape index (κ3) is 8.30. The predicted molar refractivity (Wildman–Crippen MR) is 274 cm³/mol. The topological polar surface area (TPSA) is 6.48 Å². The van der Waals surface area contributed by atoms with E-state index in [0.29, 0.717) is 0 Å². The minimum absolute atomic E-state index is 0.965. The Kier molecular flexibility index (Phi) is 12.1. The summed E-state index contributed by atoms with van der Waals surface area (Å²) in [5.41, 5.74) is 22.8. The molecule has 8 aromatic carbocycles. The van der Waals surface area contributed by atoms with Crippen molar-refractivity contribution in [2.45, 2.75) is 32.1 Å². The fraction of sp³-hybridized carbons (Fsp3) is 0.0833. The number of aryl methyl sites for hydroxylation is 2. The van der Waals surface area contributed by atoms with Crippen molar-refractivity contribution in [2.75, 3.05) is 9.80 Å². The highest BCUT2D eigenvalue weighted by Crippen LogP contribution is 2.43. The molecule has 0 heterocycles. The normalized spacial score (nSPS) is 12.5. The Labute approximate surface area is 378 Å². The lowest BCUT2D eigenvalue weighted by molar-refractivity contribution is 0.985. The molecule has 0 fully saturated rings. The van der Waals surface area contributed by atoms with Crippen LogP contribution in [0.5, 0.6) is 0 Å². The Bertz CT molecular complexity index is 2760. The number of anilines is 6. The molecule has 3 aliphatic carbocycles. The van der Waals surface area contributed by atoms with Crippen LogP contribution in [0.15, 0.2) is 194 Å². The first kappa shape index (κ1) is 40.9. The summed E-state index contributed by atoms with van der Waals surface area (Å²) >= 11 is 3.83. The van der Waals surface area contributed by atoms with Crippen LogP contribution in [0.4, 0.5) is 34.1 Å². The molecule has 0 amide bonds. The third-order valence-electron chi connectivity index (χ3n) is 12.4. The first-order chi connectivity index (χ1) is 31.2. The van der Waals surface area contributed by atoms with Gasteiger partial charge in [0, 0.05) is 34.1 Å². The van der Waals surface area contributed by atoms with Crippen molar-refractivity contribution in [3.8, 4) is 46.2 Å². The van der Waals surface area contributed by atoms with Crippen molar-refractivity contribution in [1.29, 1.82) is 0 Å². The van der Waals surface area contributed by atoms with Gasteiger partial charge in [0.25, 0.3) is 0 Å². The van der Waals surface area contributed by atoms with Gasteiger partial charge >= 0.3 is 0 Å². The summed E-state index contributed by atoms with van der Waals surface area (Å²) in [6, 6.07) is 67.4. The first-order valence-corrected chi connectivity index (χ1v) is 22.2. The van der Waals surface area contributed by atoms with E-state index in [9.17, 15) is 0 Å². The number of rotatable bonds is 8. The molecule has 0 aromatic heterocycles. The lowest BCUT2D eigenvalue weighted by Gasteiger charge is -2.27. The standard InChI is InChI=1S/C57H44N2.C2H2.CH2S/c1-3-15-50(16-4-1)58(54-33-27-40-11-7-9-13-44(40)36-54)52-29-23-42(24-30-52)46-19-21-48-35-49-22-20-47(39-57(49)56(48)38-46)43-25-31-53(32-26-43)59(51-17-5-2-6-18-51)55-34-28-41-12-8-10-14-45(41)37-55;2*1-2/h1-6,9-10,13-34,36-39H,7-8,11-12,35H2;1-2H;1H2. The summed E-state index contributed by atoms with van der Waals surface area (Å²) in [6.45, 7) is 0. The molecule has 63 heavy (non-hydrogen) atoms. The van der Waals surface area contributed by atoms with E-state index >= 15 is 0 Å². The zero-order valence-corrected chi connectivity index (χ0v) is 36.1. The number of allylic oxidation sites excluding steroid dienone is 2. The van der Waals surface area contributed by atoms with Gasteiger partial charge < -0.3 is 9.80 Å². The van der Waals surface area contributed by atoms with Gasteiger partial charge in [0.15, 0.2) is 0 Å². The lowest BCUT2D eigenvalue weighted by atomic mass is 9.95. The van der Waals surface area contributed by atoms with Crippen LogP contribution in [0.25, 0.3) is 45.5 Å². The van der Waals surface area contributed by atoms with Gasteiger partial charge in [-0.05, 0) is 190 Å². The predicted octanol–water partition coefficient (Wildman–Crippen LogP) is 16.3. The number of hydrogen-bond donors (Lipinski definition) is 0. The van der Waals surface area contributed by atoms with Crippen LogP contribution in [0.1, 0.15) is 46.2 Å². The summed E-state index contributed by atoms with van der Waals surface area (Å²) in [5, 5.41) is 0. The Morgan fingerprint density at radius 1 is 0.365 bits per heavy atom. The summed E-state index contributed by atoms with van der Waals surface area (Å²) in [6.07, 6.45) is 22.5. The largest absolute Gasteiger partial charge is 0.310 e. The number of nitrogens with zero attached hydrogens (tertiary/aromatic N) is 2. The summed E-state index contributed by atoms with van der Waals surface area (Å²) in [4.78, 5) is 4.73. The van der Waals surface area contributed by atoms with E-state index in [2.05, 4.69) is 247 Å². The van der Waals surface area contributed by atoms with Crippen LogP contribution in [-0.2, 0) is 19.3 Å². The average molecular weight is 829 g/mol. The SMILES string of the molecule is C#C.C1=Cc2cc(N(c3ccccc3)c3ccc(-c4ccc5c(c4)-c4cc(-c6ccc(N(c7ccccc7)c7ccc8c(c7)C=CCC8)cc6)ccc4C5)cc3)ccc2CC1.C=S. The van der Waals surface area contributed by atoms with E-state index in [1.54, 1.807) is 0 Å². The molecule has 0 unspecified atom stereocenters. The highest BCUT2D eigenvalue weighted by atomic mass is 32.1. The van der Waals surface area contributed by atoms with Gasteiger partial charge in [0.2, 0.25) is 0 Å². The summed E-state index contributed by atoms with van der Waals surface area (Å²) in [7, 11) is 0. The van der Waals surface area contributed by atoms with Gasteiger partial charge in [0.05, 0.1) is 0 Å². The highest BCUT2D eigenvalue weighted by Gasteiger charge is 2.21. The fourth-order valence-corrected chi connectivity index (χ4v) is 9.29. The van der Waals surface area contributed by atoms with Crippen LogP contribution in [0, 0.1) is 12.8 Å². The van der Waals surface area contributed by atoms with Crippen LogP contribution < -0.4 is 9.80 Å². The maximum atomic E-state index is 4.00. The molecule has 0 saturated carbocycles. The van der Waals surface area contributed by atoms with Crippen molar-refractivity contribution in [3.05, 3.63) is 228 Å². The molecular formula is C60H48N2S. The van der Waals surface area contributed by atoms with Gasteiger partial charge in [-0.1, -0.05) is 134 Å². The van der Waals surface area contributed by atoms with Crippen molar-refractivity contribution in [3.63, 3.8) is 0 Å². The van der Waals surface area contributed by atoms with Gasteiger partial charge in [-0.3, -0.25) is 0 Å². The highest BCUT2D eigenvalue weighted by molar-refractivity contribution is 7.77. The first-order valence-electron chi connectivity index (χ1n) is 21.6. The molecule has 0 N–H and O–H groups in total. The Hall–Kier alpha value is -7.51. The third-order valence-corrected chi connectivity index (χ3v) is 12.4. The van der Waals surface area contributed by atoms with E-state index in [0.717, 1.165) is 54.9 Å². The molecule has 3 heteroatoms. The van der Waals surface area contributed by atoms with E-state index in [-0.39, 0.29) is 0 Å². The molecule has 0 saturated heterocycles. The smallest absolute Gasteiger partial charge is 0.0467 e. The number of fused-ring (bicyclic) bond motifs is 5. The van der Waals surface area contributed by atoms with Gasteiger partial charge in [-0.15, -0.1) is 12.8 Å². The second-order valence-electron chi connectivity index (χ2n) is 16.0. The van der Waals surface area contributed by atoms with Gasteiger partial charge in [-0.2, -0.15) is 0 Å². The van der Waals surface area contributed by atoms with Crippen LogP contribution >= 0.6 is 12.2 Å². The monoisotopic (exact) mass is 828 g/mol. The molecular weight excluding hydrogens is 781 g/mol. The van der Waals surface area contributed by atoms with E-state index < -0.39 is 0 Å². The lowest BCUT2D eigenvalue weighted by Crippen LogP contribution is -2.10. The van der Waals surface area contributed by atoms with E-state index in [4.69, 9.17) is 0 Å². The minimum Gasteiger partial charge on any atom is -0.310 e. The molecule has 0 atom stereocenters. The summed E-state index contributed by atoms with van der Waals surface area (Å²) in [5.74, 6) is 2.83. The van der Waals surface area contributed by atoms with Gasteiger partial charge in [-0.25, -0.2) is 0 Å². The second kappa shape index (κ2) is 18.6. The molecule has 304 valence electrons. The number of benzene rings is 8. The molecule has 0 spiro atoms. The van der Waals surface area contributed by atoms with Crippen molar-refractivity contribution in [1.82, 2.24) is 0 Å². The Balaban J connectivity index is 0.00000123. The number of thiocarbonyl (C=S) groups is 1. The van der Waals surface area contributed by atoms with Crippen LogP contribution in [-0.4, -0.2) is 5.87 Å². The average Bonchev–Trinajstić information content (AvgIpc) is 3.74. The number of terminal acetylenes is 1. The molecule has 0 aliphatic heterocycles. The molecule has 2 nitrogen and oxygen atoms in total. The van der Waals surface area contributed by atoms with Crippen LogP contribution in [0.3, 0.4) is 0 Å². The molecule has 3 aliphatic rings. The number of hydrogen-bond acceptors (Lipinski definition) is 3. The zero-order chi connectivity index (χ0) is 43.1. The zero-order valence-electron chi connectivity index (χ0n) is 35.3. The van der Waals surface area contributed by atoms with E-state index in [1.165, 1.54) is 78.1 Å². The molecule has 0 radical (unpaired) electrons. The fourth-order valence-electron chi connectivity index (χ4n) is 9.29. The summed E-state index contributed by atoms with van der Waals surface area (Å²) < 4.78 is 0. The maximum Gasteiger partial charge on any atom is 0.0467 e. The Morgan fingerprint density at radius 3 is 1.13 bits per heavy atom. The number of para-hydroxylation sites is 2. The van der Waals surface area contributed by atoms with Crippen molar-refractivity contribution < 1.29 is 0 Å². The molecule has 8 aromatic rings. The van der Waals surface area contributed by atoms with E-state index in [1.807, 2.05) is 0 Å². The minimum atomic E-state index is 0.965. The second-order valence-corrected chi connectivity index (χ2v) is 16.0. The maximum absolute atomic E-state index is 4.00.